The van der Waals surface area contributed by atoms with Crippen LogP contribution in [0.4, 0.5) is 5.69 Å². The number of benzene rings is 1. The fraction of sp³-hybridized carbons (Fsp3) is 0.429. The zero-order valence-electron chi connectivity index (χ0n) is 17.0. The normalized spacial score (nSPS) is 15.3. The molecule has 1 aromatic heterocycles. The Morgan fingerprint density at radius 3 is 2.72 bits per heavy atom. The Bertz CT molecular complexity index is 779. The molecular weight excluding hydrogens is 497 g/mol. The lowest BCUT2D eigenvalue weighted by atomic mass is 10.1. The van der Waals surface area contributed by atoms with Gasteiger partial charge >= 0.3 is 0 Å². The lowest BCUT2D eigenvalue weighted by Crippen LogP contribution is -2.47. The topological polar surface area (TPSA) is 68.8 Å². The summed E-state index contributed by atoms with van der Waals surface area (Å²) < 4.78 is 0. The number of thiophene rings is 1. The largest absolute Gasteiger partial charge is 0.360 e. The number of guanidine groups is 1. The molecule has 1 atom stereocenters. The van der Waals surface area contributed by atoms with E-state index in [1.165, 1.54) is 4.88 Å². The minimum absolute atomic E-state index is 0. The fourth-order valence-electron chi connectivity index (χ4n) is 3.11. The molecule has 0 spiro atoms. The molecule has 2 aromatic rings. The van der Waals surface area contributed by atoms with Gasteiger partial charge in [-0.1, -0.05) is 25.1 Å². The summed E-state index contributed by atoms with van der Waals surface area (Å²) in [6, 6.07) is 12.6. The van der Waals surface area contributed by atoms with Crippen molar-refractivity contribution < 1.29 is 4.79 Å². The Hall–Kier alpha value is -1.81. The summed E-state index contributed by atoms with van der Waals surface area (Å²) in [4.78, 5) is 19.7. The van der Waals surface area contributed by atoms with Crippen LogP contribution >= 0.6 is 35.3 Å². The molecule has 1 amide bonds. The Labute approximate surface area is 194 Å². The number of hydrogen-bond donors (Lipinski definition) is 3. The van der Waals surface area contributed by atoms with Crippen LogP contribution in [-0.4, -0.2) is 44.6 Å². The van der Waals surface area contributed by atoms with Crippen LogP contribution in [0.25, 0.3) is 0 Å². The van der Waals surface area contributed by atoms with E-state index in [2.05, 4.69) is 76.5 Å². The van der Waals surface area contributed by atoms with Gasteiger partial charge in [-0.2, -0.15) is 0 Å². The number of carbonyl (C=O) groups is 1. The molecule has 158 valence electrons. The molecule has 2 heterocycles. The molecule has 0 saturated carbocycles. The van der Waals surface area contributed by atoms with Gasteiger partial charge in [0.25, 0.3) is 0 Å². The molecule has 1 saturated heterocycles. The van der Waals surface area contributed by atoms with E-state index in [1.54, 1.807) is 11.3 Å². The monoisotopic (exact) mass is 527 g/mol. The first-order valence-corrected chi connectivity index (χ1v) is 10.7. The second kappa shape index (κ2) is 12.0. The molecule has 8 heteroatoms. The number of hydrogen-bond acceptors (Lipinski definition) is 4. The molecule has 1 aliphatic rings. The molecule has 1 fully saturated rings. The van der Waals surface area contributed by atoms with Crippen LogP contribution in [0, 0.1) is 0 Å². The van der Waals surface area contributed by atoms with Gasteiger partial charge < -0.3 is 20.9 Å². The fourth-order valence-corrected chi connectivity index (χ4v) is 3.89. The van der Waals surface area contributed by atoms with Gasteiger partial charge in [-0.05, 0) is 36.1 Å². The van der Waals surface area contributed by atoms with Crippen molar-refractivity contribution in [3.63, 3.8) is 0 Å². The summed E-state index contributed by atoms with van der Waals surface area (Å²) in [6.45, 7) is 8.56. The molecular formula is C21H30IN5OS. The summed E-state index contributed by atoms with van der Waals surface area (Å²) in [5.41, 5.74) is 2.23. The molecule has 0 bridgehead atoms. The zero-order valence-corrected chi connectivity index (χ0v) is 20.1. The third-order valence-corrected chi connectivity index (χ3v) is 5.81. The molecule has 1 unspecified atom stereocenters. The average Bonchev–Trinajstić information content (AvgIpc) is 3.25. The minimum atomic E-state index is 0. The van der Waals surface area contributed by atoms with Gasteiger partial charge in [0.1, 0.15) is 0 Å². The van der Waals surface area contributed by atoms with Gasteiger partial charge in [-0.3, -0.25) is 4.79 Å². The number of nitrogens with zero attached hydrogens (tertiary/aromatic N) is 2. The third-order valence-electron chi connectivity index (χ3n) is 4.71. The predicted octanol–water partition coefficient (Wildman–Crippen LogP) is 3.16. The summed E-state index contributed by atoms with van der Waals surface area (Å²) in [7, 11) is 0. The van der Waals surface area contributed by atoms with Crippen molar-refractivity contribution in [1.82, 2.24) is 16.0 Å². The van der Waals surface area contributed by atoms with Crippen molar-refractivity contribution in [1.29, 1.82) is 0 Å². The lowest BCUT2D eigenvalue weighted by Gasteiger charge is -2.28. The zero-order chi connectivity index (χ0) is 19.8. The number of aliphatic imine (C=N–C) groups is 1. The maximum atomic E-state index is 11.6. The van der Waals surface area contributed by atoms with E-state index >= 15 is 0 Å². The van der Waals surface area contributed by atoms with E-state index in [0.717, 1.165) is 36.8 Å². The summed E-state index contributed by atoms with van der Waals surface area (Å²) in [5.74, 6) is 1.37. The van der Waals surface area contributed by atoms with Gasteiger partial charge in [-0.15, -0.1) is 35.3 Å². The molecule has 1 aliphatic heterocycles. The van der Waals surface area contributed by atoms with E-state index in [1.807, 2.05) is 0 Å². The molecule has 3 rings (SSSR count). The van der Waals surface area contributed by atoms with E-state index in [9.17, 15) is 4.79 Å². The first-order valence-electron chi connectivity index (χ1n) is 9.82. The van der Waals surface area contributed by atoms with Crippen molar-refractivity contribution in [2.45, 2.75) is 26.3 Å². The Morgan fingerprint density at radius 1 is 1.28 bits per heavy atom. The van der Waals surface area contributed by atoms with Crippen molar-refractivity contribution in [2.24, 2.45) is 4.99 Å². The molecule has 0 radical (unpaired) electrons. The van der Waals surface area contributed by atoms with Gasteiger partial charge in [0.15, 0.2) is 5.96 Å². The van der Waals surface area contributed by atoms with Gasteiger partial charge in [0.05, 0.1) is 13.1 Å². The Morgan fingerprint density at radius 2 is 2.07 bits per heavy atom. The minimum Gasteiger partial charge on any atom is -0.360 e. The van der Waals surface area contributed by atoms with E-state index in [-0.39, 0.29) is 29.9 Å². The highest BCUT2D eigenvalue weighted by Gasteiger charge is 2.16. The quantitative estimate of drug-likeness (QED) is 0.294. The van der Waals surface area contributed by atoms with Crippen LogP contribution in [0.5, 0.6) is 0 Å². The van der Waals surface area contributed by atoms with Crippen LogP contribution in [0.3, 0.4) is 0 Å². The first kappa shape index (κ1) is 23.5. The van der Waals surface area contributed by atoms with Crippen molar-refractivity contribution in [2.75, 3.05) is 37.6 Å². The summed E-state index contributed by atoms with van der Waals surface area (Å²) in [5, 5.41) is 11.7. The SMILES string of the molecule is CCNC(=NCc1ccc(N2CCNC(=O)C2)cc1)NCC(C)c1cccs1.I. The van der Waals surface area contributed by atoms with Crippen LogP contribution < -0.4 is 20.9 Å². The smallest absolute Gasteiger partial charge is 0.239 e. The van der Waals surface area contributed by atoms with E-state index < -0.39 is 0 Å². The number of anilines is 1. The highest BCUT2D eigenvalue weighted by molar-refractivity contribution is 14.0. The van der Waals surface area contributed by atoms with Crippen molar-refractivity contribution in [3.8, 4) is 0 Å². The molecule has 6 nitrogen and oxygen atoms in total. The van der Waals surface area contributed by atoms with Gasteiger partial charge in [-0.25, -0.2) is 4.99 Å². The number of amides is 1. The standard InChI is InChI=1S/C21H29N5OS.HI/c1-3-22-21(24-13-16(2)19-5-4-12-28-19)25-14-17-6-8-18(9-7-17)26-11-10-23-20(27)15-26;/h4-9,12,16H,3,10-11,13-15H2,1-2H3,(H,23,27)(H2,22,24,25);1H. The number of carbonyl (C=O) groups excluding carboxylic acids is 1. The lowest BCUT2D eigenvalue weighted by molar-refractivity contribution is -0.120. The summed E-state index contributed by atoms with van der Waals surface area (Å²) >= 11 is 1.79. The van der Waals surface area contributed by atoms with E-state index in [4.69, 9.17) is 4.99 Å². The van der Waals surface area contributed by atoms with Crippen LogP contribution in [0.2, 0.25) is 0 Å². The van der Waals surface area contributed by atoms with Gasteiger partial charge in [0, 0.05) is 42.7 Å². The van der Waals surface area contributed by atoms with Gasteiger partial charge in [0.2, 0.25) is 5.91 Å². The van der Waals surface area contributed by atoms with Crippen molar-refractivity contribution >= 4 is 52.9 Å². The number of nitrogens with one attached hydrogen (secondary N) is 3. The van der Waals surface area contributed by atoms with E-state index in [0.29, 0.717) is 25.6 Å². The Balaban J connectivity index is 0.00000300. The molecule has 0 aliphatic carbocycles. The summed E-state index contributed by atoms with van der Waals surface area (Å²) in [6.07, 6.45) is 0. The predicted molar refractivity (Wildman–Crippen MR) is 133 cm³/mol. The maximum absolute atomic E-state index is 11.6. The second-order valence-corrected chi connectivity index (χ2v) is 7.91. The Kier molecular flexibility index (Phi) is 9.72. The second-order valence-electron chi connectivity index (χ2n) is 6.93. The number of rotatable bonds is 7. The average molecular weight is 527 g/mol. The molecule has 29 heavy (non-hydrogen) atoms. The van der Waals surface area contributed by atoms with Crippen LogP contribution in [0.15, 0.2) is 46.8 Å². The third kappa shape index (κ3) is 7.18. The first-order chi connectivity index (χ1) is 13.7. The molecule has 3 N–H and O–H groups in total. The molecule has 1 aromatic carbocycles. The number of halogens is 1. The van der Waals surface area contributed by atoms with Crippen LogP contribution in [0.1, 0.15) is 30.2 Å². The highest BCUT2D eigenvalue weighted by atomic mass is 127. The van der Waals surface area contributed by atoms with Crippen LogP contribution in [-0.2, 0) is 11.3 Å². The number of piperazine rings is 1. The maximum Gasteiger partial charge on any atom is 0.239 e. The van der Waals surface area contributed by atoms with Crippen molar-refractivity contribution in [3.05, 3.63) is 52.2 Å². The highest BCUT2D eigenvalue weighted by Crippen LogP contribution is 2.19.